The molecule has 6 heteroatoms. The predicted octanol–water partition coefficient (Wildman–Crippen LogP) is 2.29. The van der Waals surface area contributed by atoms with Gasteiger partial charge in [0.15, 0.2) is 0 Å². The molecule has 0 spiro atoms. The molecular formula is C15H21N3O3. The first-order valence-electron chi connectivity index (χ1n) is 6.91. The van der Waals surface area contributed by atoms with Crippen LogP contribution in [0.2, 0.25) is 0 Å². The lowest BCUT2D eigenvalue weighted by molar-refractivity contribution is -0.0106. The molecule has 2 rings (SSSR count). The normalized spacial score (nSPS) is 15.6. The number of phenolic OH excluding ortho intramolecular Hbond substituents is 1. The minimum atomic E-state index is -0.569. The van der Waals surface area contributed by atoms with Crippen LogP contribution in [-0.2, 0) is 16.8 Å². The van der Waals surface area contributed by atoms with Crippen molar-refractivity contribution in [3.63, 3.8) is 0 Å². The molecule has 0 fully saturated rings. The lowest BCUT2D eigenvalue weighted by Gasteiger charge is -2.21. The Bertz CT molecular complexity index is 576. The standard InChI is InChI=1S/C15H21N3O3/c1-4-15(2,20-3)14-17-13(21-18-14)12(16)9-10-5-7-11(19)8-6-10/h5-8,12,19H,4,9,16H2,1-3H3. The van der Waals surface area contributed by atoms with E-state index < -0.39 is 11.6 Å². The summed E-state index contributed by atoms with van der Waals surface area (Å²) >= 11 is 0. The summed E-state index contributed by atoms with van der Waals surface area (Å²) in [5, 5.41) is 13.2. The average molecular weight is 291 g/mol. The molecule has 0 aliphatic heterocycles. The van der Waals surface area contributed by atoms with E-state index >= 15 is 0 Å². The molecule has 114 valence electrons. The number of ether oxygens (including phenoxy) is 1. The fourth-order valence-electron chi connectivity index (χ4n) is 1.97. The molecule has 0 bridgehead atoms. The molecule has 0 aliphatic carbocycles. The van der Waals surface area contributed by atoms with Crippen LogP contribution >= 0.6 is 0 Å². The summed E-state index contributed by atoms with van der Waals surface area (Å²) in [4.78, 5) is 4.36. The lowest BCUT2D eigenvalue weighted by atomic mass is 10.0. The van der Waals surface area contributed by atoms with Crippen molar-refractivity contribution in [1.29, 1.82) is 0 Å². The van der Waals surface area contributed by atoms with Crippen molar-refractivity contribution in [3.05, 3.63) is 41.5 Å². The number of nitrogens with zero attached hydrogens (tertiary/aromatic N) is 2. The number of aromatic hydroxyl groups is 1. The van der Waals surface area contributed by atoms with Crippen LogP contribution in [0.25, 0.3) is 0 Å². The highest BCUT2D eigenvalue weighted by Crippen LogP contribution is 2.26. The van der Waals surface area contributed by atoms with Gasteiger partial charge in [-0.15, -0.1) is 0 Å². The summed E-state index contributed by atoms with van der Waals surface area (Å²) in [5.74, 6) is 1.12. The van der Waals surface area contributed by atoms with Gasteiger partial charge in [0.25, 0.3) is 0 Å². The summed E-state index contributed by atoms with van der Waals surface area (Å²) in [6.07, 6.45) is 1.29. The van der Waals surface area contributed by atoms with Crippen LogP contribution in [0.3, 0.4) is 0 Å². The molecule has 2 aromatic rings. The van der Waals surface area contributed by atoms with Crippen LogP contribution in [0.1, 0.15) is 43.6 Å². The molecule has 0 saturated heterocycles. The Morgan fingerprint density at radius 2 is 2.05 bits per heavy atom. The van der Waals surface area contributed by atoms with Crippen molar-refractivity contribution in [1.82, 2.24) is 10.1 Å². The van der Waals surface area contributed by atoms with E-state index in [4.69, 9.17) is 15.0 Å². The van der Waals surface area contributed by atoms with E-state index in [1.54, 1.807) is 19.2 Å². The highest BCUT2D eigenvalue weighted by Gasteiger charge is 2.30. The number of rotatable bonds is 6. The Morgan fingerprint density at radius 1 is 1.38 bits per heavy atom. The second-order valence-corrected chi connectivity index (χ2v) is 5.22. The number of benzene rings is 1. The van der Waals surface area contributed by atoms with Crippen molar-refractivity contribution < 1.29 is 14.4 Å². The monoisotopic (exact) mass is 291 g/mol. The number of aromatic nitrogens is 2. The van der Waals surface area contributed by atoms with E-state index in [1.807, 2.05) is 26.0 Å². The van der Waals surface area contributed by atoms with E-state index in [0.717, 1.165) is 12.0 Å². The second-order valence-electron chi connectivity index (χ2n) is 5.22. The van der Waals surface area contributed by atoms with E-state index in [1.165, 1.54) is 0 Å². The maximum absolute atomic E-state index is 9.27. The molecule has 6 nitrogen and oxygen atoms in total. The Kier molecular flexibility index (Phi) is 4.59. The van der Waals surface area contributed by atoms with Crippen molar-refractivity contribution in [3.8, 4) is 5.75 Å². The number of methoxy groups -OCH3 is 1. The van der Waals surface area contributed by atoms with Gasteiger partial charge in [-0.2, -0.15) is 4.98 Å². The van der Waals surface area contributed by atoms with Gasteiger partial charge >= 0.3 is 0 Å². The molecule has 0 aliphatic rings. The average Bonchev–Trinajstić information content (AvgIpc) is 2.99. The third-order valence-electron chi connectivity index (χ3n) is 3.75. The Morgan fingerprint density at radius 3 is 2.62 bits per heavy atom. The topological polar surface area (TPSA) is 94.4 Å². The van der Waals surface area contributed by atoms with Gasteiger partial charge in [0.1, 0.15) is 11.4 Å². The molecule has 0 saturated carbocycles. The summed E-state index contributed by atoms with van der Waals surface area (Å²) in [6, 6.07) is 6.49. The van der Waals surface area contributed by atoms with Gasteiger partial charge in [0, 0.05) is 7.11 Å². The van der Waals surface area contributed by atoms with Gasteiger partial charge in [0.2, 0.25) is 11.7 Å². The first kappa shape index (κ1) is 15.5. The Balaban J connectivity index is 2.12. The predicted molar refractivity (Wildman–Crippen MR) is 77.7 cm³/mol. The van der Waals surface area contributed by atoms with Crippen LogP contribution in [0.5, 0.6) is 5.75 Å². The molecule has 1 aromatic heterocycles. The van der Waals surface area contributed by atoms with E-state index in [-0.39, 0.29) is 5.75 Å². The van der Waals surface area contributed by atoms with E-state index in [0.29, 0.717) is 18.1 Å². The van der Waals surface area contributed by atoms with Crippen molar-refractivity contribution in [2.75, 3.05) is 7.11 Å². The molecule has 21 heavy (non-hydrogen) atoms. The number of hydrogen-bond donors (Lipinski definition) is 2. The summed E-state index contributed by atoms with van der Waals surface area (Å²) in [5.41, 5.74) is 6.53. The number of nitrogens with two attached hydrogens (primary N) is 1. The third kappa shape index (κ3) is 3.40. The molecule has 0 amide bonds. The van der Waals surface area contributed by atoms with Crippen molar-refractivity contribution in [2.24, 2.45) is 5.73 Å². The maximum atomic E-state index is 9.27. The van der Waals surface area contributed by atoms with Gasteiger partial charge in [-0.05, 0) is 37.5 Å². The van der Waals surface area contributed by atoms with Gasteiger partial charge in [-0.1, -0.05) is 24.2 Å². The summed E-state index contributed by atoms with van der Waals surface area (Å²) < 4.78 is 10.7. The highest BCUT2D eigenvalue weighted by molar-refractivity contribution is 5.26. The summed E-state index contributed by atoms with van der Waals surface area (Å²) in [6.45, 7) is 3.91. The number of hydrogen-bond acceptors (Lipinski definition) is 6. The second kappa shape index (κ2) is 6.24. The molecule has 0 radical (unpaired) electrons. The van der Waals surface area contributed by atoms with Gasteiger partial charge in [-0.3, -0.25) is 0 Å². The van der Waals surface area contributed by atoms with Crippen molar-refractivity contribution >= 4 is 0 Å². The first-order valence-corrected chi connectivity index (χ1v) is 6.91. The fourth-order valence-corrected chi connectivity index (χ4v) is 1.97. The molecular weight excluding hydrogens is 270 g/mol. The molecule has 2 atom stereocenters. The zero-order chi connectivity index (χ0) is 15.5. The smallest absolute Gasteiger partial charge is 0.244 e. The van der Waals surface area contributed by atoms with Gasteiger partial charge < -0.3 is 20.1 Å². The minimum Gasteiger partial charge on any atom is -0.508 e. The third-order valence-corrected chi connectivity index (χ3v) is 3.75. The molecule has 1 heterocycles. The SMILES string of the molecule is CCC(C)(OC)c1noc(C(N)Cc2ccc(O)cc2)n1. The molecule has 1 aromatic carbocycles. The van der Waals surface area contributed by atoms with Crippen molar-refractivity contribution in [2.45, 2.75) is 38.3 Å². The lowest BCUT2D eigenvalue weighted by Crippen LogP contribution is -2.25. The zero-order valence-electron chi connectivity index (χ0n) is 12.5. The maximum Gasteiger partial charge on any atom is 0.244 e. The van der Waals surface area contributed by atoms with Gasteiger partial charge in [0.05, 0.1) is 6.04 Å². The summed E-state index contributed by atoms with van der Waals surface area (Å²) in [7, 11) is 1.62. The minimum absolute atomic E-state index is 0.228. The Hall–Kier alpha value is -1.92. The van der Waals surface area contributed by atoms with Crippen LogP contribution in [-0.4, -0.2) is 22.4 Å². The fraction of sp³-hybridized carbons (Fsp3) is 0.467. The quantitative estimate of drug-likeness (QED) is 0.848. The zero-order valence-corrected chi connectivity index (χ0v) is 12.5. The van der Waals surface area contributed by atoms with E-state index in [9.17, 15) is 5.11 Å². The largest absolute Gasteiger partial charge is 0.508 e. The van der Waals surface area contributed by atoms with Crippen LogP contribution in [0.15, 0.2) is 28.8 Å². The molecule has 2 unspecified atom stereocenters. The first-order chi connectivity index (χ1) is 9.98. The van der Waals surface area contributed by atoms with E-state index in [2.05, 4.69) is 10.1 Å². The van der Waals surface area contributed by atoms with Gasteiger partial charge in [-0.25, -0.2) is 0 Å². The van der Waals surface area contributed by atoms with Crippen LogP contribution < -0.4 is 5.73 Å². The Labute approximate surface area is 123 Å². The number of phenols is 1. The highest BCUT2D eigenvalue weighted by atomic mass is 16.5. The molecule has 3 N–H and O–H groups in total. The van der Waals surface area contributed by atoms with Crippen LogP contribution in [0, 0.1) is 0 Å². The van der Waals surface area contributed by atoms with Crippen LogP contribution in [0.4, 0.5) is 0 Å².